The quantitative estimate of drug-likeness (QED) is 0.522. The van der Waals surface area contributed by atoms with Crippen LogP contribution in [0.3, 0.4) is 0 Å². The van der Waals surface area contributed by atoms with Crippen LogP contribution in [0.25, 0.3) is 0 Å². The minimum absolute atomic E-state index is 0.0907. The SMILES string of the molecule is COc1cccc(CN(C(=O)CSCc2ccccc2Cl)C(C)C(=O)NCC(C)C)c1. The van der Waals surface area contributed by atoms with Crippen molar-refractivity contribution in [3.05, 3.63) is 64.7 Å². The van der Waals surface area contributed by atoms with E-state index < -0.39 is 6.04 Å². The summed E-state index contributed by atoms with van der Waals surface area (Å²) in [6.45, 7) is 6.75. The number of halogens is 1. The van der Waals surface area contributed by atoms with Crippen LogP contribution in [-0.4, -0.2) is 42.2 Å². The second-order valence-electron chi connectivity index (χ2n) is 7.77. The first-order chi connectivity index (χ1) is 14.8. The largest absolute Gasteiger partial charge is 0.497 e. The van der Waals surface area contributed by atoms with Crippen molar-refractivity contribution in [3.63, 3.8) is 0 Å². The van der Waals surface area contributed by atoms with Gasteiger partial charge in [-0.3, -0.25) is 9.59 Å². The minimum atomic E-state index is -0.585. The van der Waals surface area contributed by atoms with Crippen molar-refractivity contribution in [2.75, 3.05) is 19.4 Å². The first-order valence-corrected chi connectivity index (χ1v) is 11.9. The maximum Gasteiger partial charge on any atom is 0.242 e. The van der Waals surface area contributed by atoms with E-state index in [4.69, 9.17) is 16.3 Å². The Morgan fingerprint density at radius 3 is 2.55 bits per heavy atom. The maximum atomic E-state index is 13.1. The van der Waals surface area contributed by atoms with Crippen LogP contribution >= 0.6 is 23.4 Å². The molecule has 2 aromatic rings. The van der Waals surface area contributed by atoms with E-state index in [9.17, 15) is 9.59 Å². The van der Waals surface area contributed by atoms with E-state index in [-0.39, 0.29) is 17.6 Å². The summed E-state index contributed by atoms with van der Waals surface area (Å²) >= 11 is 7.71. The molecule has 168 valence electrons. The highest BCUT2D eigenvalue weighted by Gasteiger charge is 2.26. The molecular formula is C24H31ClN2O3S. The first kappa shape index (κ1) is 25.1. The molecule has 2 rings (SSSR count). The number of nitrogens with one attached hydrogen (secondary N) is 1. The molecule has 1 atom stereocenters. The van der Waals surface area contributed by atoms with Crippen LogP contribution in [0.2, 0.25) is 5.02 Å². The summed E-state index contributed by atoms with van der Waals surface area (Å²) < 4.78 is 5.30. The average molecular weight is 463 g/mol. The molecule has 0 bridgehead atoms. The van der Waals surface area contributed by atoms with Crippen molar-refractivity contribution in [2.24, 2.45) is 5.92 Å². The van der Waals surface area contributed by atoms with Crippen LogP contribution in [0.1, 0.15) is 31.9 Å². The van der Waals surface area contributed by atoms with E-state index in [1.165, 1.54) is 11.8 Å². The van der Waals surface area contributed by atoms with E-state index in [0.29, 0.717) is 29.8 Å². The van der Waals surface area contributed by atoms with Gasteiger partial charge in [0.15, 0.2) is 0 Å². The molecule has 7 heteroatoms. The van der Waals surface area contributed by atoms with E-state index in [2.05, 4.69) is 5.32 Å². The molecule has 0 aliphatic heterocycles. The molecule has 0 aromatic heterocycles. The summed E-state index contributed by atoms with van der Waals surface area (Å²) in [6.07, 6.45) is 0. The van der Waals surface area contributed by atoms with Gasteiger partial charge in [0.05, 0.1) is 12.9 Å². The van der Waals surface area contributed by atoms with Crippen molar-refractivity contribution in [3.8, 4) is 5.75 Å². The van der Waals surface area contributed by atoms with E-state index >= 15 is 0 Å². The van der Waals surface area contributed by atoms with Gasteiger partial charge in [-0.05, 0) is 42.2 Å². The van der Waals surface area contributed by atoms with Crippen LogP contribution in [-0.2, 0) is 21.9 Å². The third-order valence-corrected chi connectivity index (χ3v) is 6.11. The number of hydrogen-bond acceptors (Lipinski definition) is 4. The van der Waals surface area contributed by atoms with Gasteiger partial charge < -0.3 is 15.0 Å². The van der Waals surface area contributed by atoms with Gasteiger partial charge in [0, 0.05) is 23.9 Å². The van der Waals surface area contributed by atoms with Crippen LogP contribution in [0.5, 0.6) is 5.75 Å². The number of nitrogens with zero attached hydrogens (tertiary/aromatic N) is 1. The monoisotopic (exact) mass is 462 g/mol. The topological polar surface area (TPSA) is 58.6 Å². The lowest BCUT2D eigenvalue weighted by Crippen LogP contribution is -2.48. The van der Waals surface area contributed by atoms with Crippen molar-refractivity contribution < 1.29 is 14.3 Å². The zero-order valence-corrected chi connectivity index (χ0v) is 20.1. The number of carbonyl (C=O) groups excluding carboxylic acids is 2. The van der Waals surface area contributed by atoms with Gasteiger partial charge in [-0.1, -0.05) is 55.8 Å². The van der Waals surface area contributed by atoms with Gasteiger partial charge in [-0.2, -0.15) is 0 Å². The number of benzene rings is 2. The molecule has 2 amide bonds. The van der Waals surface area contributed by atoms with Crippen LogP contribution in [0.15, 0.2) is 48.5 Å². The van der Waals surface area contributed by atoms with Crippen molar-refractivity contribution in [1.29, 1.82) is 0 Å². The molecule has 0 saturated carbocycles. The first-order valence-electron chi connectivity index (χ1n) is 10.3. The zero-order chi connectivity index (χ0) is 22.8. The number of hydrogen-bond donors (Lipinski definition) is 1. The molecular weight excluding hydrogens is 432 g/mol. The Labute approximate surface area is 194 Å². The Bertz CT molecular complexity index is 875. The summed E-state index contributed by atoms with van der Waals surface area (Å²) in [5.41, 5.74) is 1.90. The Balaban J connectivity index is 2.10. The van der Waals surface area contributed by atoms with Gasteiger partial charge in [0.1, 0.15) is 11.8 Å². The lowest BCUT2D eigenvalue weighted by Gasteiger charge is -2.29. The Morgan fingerprint density at radius 1 is 1.13 bits per heavy atom. The van der Waals surface area contributed by atoms with Crippen molar-refractivity contribution >= 4 is 35.2 Å². The standard InChI is InChI=1S/C24H31ClN2O3S/c1-17(2)13-26-24(29)18(3)27(14-19-8-7-10-21(12-19)30-4)23(28)16-31-15-20-9-5-6-11-22(20)25/h5-12,17-18H,13-16H2,1-4H3,(H,26,29). The molecule has 0 heterocycles. The number of amides is 2. The summed E-state index contributed by atoms with van der Waals surface area (Å²) in [5.74, 6) is 1.71. The number of thioether (sulfide) groups is 1. The second kappa shape index (κ2) is 12.6. The molecule has 0 aliphatic rings. The third kappa shape index (κ3) is 8.11. The Morgan fingerprint density at radius 2 is 1.87 bits per heavy atom. The van der Waals surface area contributed by atoms with Crippen LogP contribution < -0.4 is 10.1 Å². The fourth-order valence-corrected chi connectivity index (χ4v) is 4.15. The number of methoxy groups -OCH3 is 1. The summed E-state index contributed by atoms with van der Waals surface area (Å²) in [6, 6.07) is 14.6. The molecule has 1 N–H and O–H groups in total. The summed E-state index contributed by atoms with van der Waals surface area (Å²) in [4.78, 5) is 27.4. The van der Waals surface area contributed by atoms with Gasteiger partial charge in [-0.25, -0.2) is 0 Å². The third-order valence-electron chi connectivity index (χ3n) is 4.78. The van der Waals surface area contributed by atoms with Crippen LogP contribution in [0.4, 0.5) is 0 Å². The predicted octanol–water partition coefficient (Wildman–Crippen LogP) is 4.77. The fraction of sp³-hybridized carbons (Fsp3) is 0.417. The Hall–Kier alpha value is -2.18. The van der Waals surface area contributed by atoms with Crippen LogP contribution in [0, 0.1) is 5.92 Å². The average Bonchev–Trinajstić information content (AvgIpc) is 2.76. The van der Waals surface area contributed by atoms with E-state index in [1.54, 1.807) is 18.9 Å². The smallest absolute Gasteiger partial charge is 0.242 e. The predicted molar refractivity (Wildman–Crippen MR) is 128 cm³/mol. The second-order valence-corrected chi connectivity index (χ2v) is 9.17. The van der Waals surface area contributed by atoms with Crippen molar-refractivity contribution in [1.82, 2.24) is 10.2 Å². The molecule has 0 saturated heterocycles. The maximum absolute atomic E-state index is 13.1. The molecule has 0 radical (unpaired) electrons. The molecule has 2 aromatic carbocycles. The van der Waals surface area contributed by atoms with Gasteiger partial charge in [0.2, 0.25) is 11.8 Å². The number of rotatable bonds is 11. The normalized spacial score (nSPS) is 11.8. The zero-order valence-electron chi connectivity index (χ0n) is 18.6. The van der Waals surface area contributed by atoms with E-state index in [1.807, 2.05) is 62.4 Å². The highest BCUT2D eigenvalue weighted by Crippen LogP contribution is 2.22. The Kier molecular flexibility index (Phi) is 10.2. The molecule has 0 spiro atoms. The summed E-state index contributed by atoms with van der Waals surface area (Å²) in [5, 5.41) is 3.62. The lowest BCUT2D eigenvalue weighted by molar-refractivity contribution is -0.138. The molecule has 1 unspecified atom stereocenters. The fourth-order valence-electron chi connectivity index (χ4n) is 2.95. The molecule has 31 heavy (non-hydrogen) atoms. The lowest BCUT2D eigenvalue weighted by atomic mass is 10.1. The molecule has 5 nitrogen and oxygen atoms in total. The van der Waals surface area contributed by atoms with Gasteiger partial charge in [0.25, 0.3) is 0 Å². The van der Waals surface area contributed by atoms with E-state index in [0.717, 1.165) is 16.9 Å². The summed E-state index contributed by atoms with van der Waals surface area (Å²) in [7, 11) is 1.61. The minimum Gasteiger partial charge on any atom is -0.497 e. The highest BCUT2D eigenvalue weighted by atomic mass is 35.5. The molecule has 0 fully saturated rings. The highest BCUT2D eigenvalue weighted by molar-refractivity contribution is 7.99. The van der Waals surface area contributed by atoms with Gasteiger partial charge >= 0.3 is 0 Å². The van der Waals surface area contributed by atoms with Gasteiger partial charge in [-0.15, -0.1) is 11.8 Å². The molecule has 0 aliphatic carbocycles. The number of ether oxygens (including phenoxy) is 1. The number of carbonyl (C=O) groups is 2. The van der Waals surface area contributed by atoms with Crippen molar-refractivity contribution in [2.45, 2.75) is 39.1 Å².